The molecule has 1 amide bonds. The van der Waals surface area contributed by atoms with Crippen molar-refractivity contribution < 1.29 is 22.5 Å². The molecule has 0 spiro atoms. The standard InChI is InChI=1S/C27H37N3O5S/c1-20-26(25(35-29-20)15-12-21-10-13-24(34-2)14-11-21)36(32,33)30-18-16-22(17-19-30)27(31)28-23-8-6-4-3-5-7-9-23/h10-15,22-23H,3-9,16-19H2,1-2H3,(H,28,31)/b15-12-. The Hall–Kier alpha value is -2.65. The fraction of sp³-hybridized carbons (Fsp3) is 0.556. The third-order valence-corrected chi connectivity index (χ3v) is 9.31. The van der Waals surface area contributed by atoms with E-state index in [4.69, 9.17) is 9.26 Å². The van der Waals surface area contributed by atoms with Crippen molar-refractivity contribution in [3.8, 4) is 5.75 Å². The number of ether oxygens (including phenoxy) is 1. The molecule has 1 aliphatic heterocycles. The van der Waals surface area contributed by atoms with E-state index >= 15 is 0 Å². The minimum atomic E-state index is -3.81. The second-order valence-corrected chi connectivity index (χ2v) is 11.7. The van der Waals surface area contributed by atoms with Gasteiger partial charge in [-0.3, -0.25) is 4.79 Å². The molecule has 0 atom stereocenters. The molecule has 0 radical (unpaired) electrons. The van der Waals surface area contributed by atoms with Crippen LogP contribution in [0.2, 0.25) is 0 Å². The molecule has 1 aromatic heterocycles. The van der Waals surface area contributed by atoms with Crippen molar-refractivity contribution in [1.82, 2.24) is 14.8 Å². The molecule has 2 heterocycles. The monoisotopic (exact) mass is 515 g/mol. The summed E-state index contributed by atoms with van der Waals surface area (Å²) in [4.78, 5) is 13.0. The van der Waals surface area contributed by atoms with Gasteiger partial charge in [0.1, 0.15) is 11.4 Å². The Labute approximate surface area is 214 Å². The Balaban J connectivity index is 1.39. The molecule has 1 aromatic carbocycles. The zero-order chi connectivity index (χ0) is 25.5. The molecule has 2 fully saturated rings. The number of nitrogens with zero attached hydrogens (tertiary/aromatic N) is 2. The molecule has 9 heteroatoms. The highest BCUT2D eigenvalue weighted by atomic mass is 32.2. The van der Waals surface area contributed by atoms with E-state index < -0.39 is 10.0 Å². The van der Waals surface area contributed by atoms with Gasteiger partial charge in [-0.15, -0.1) is 0 Å². The van der Waals surface area contributed by atoms with Crippen LogP contribution in [0.25, 0.3) is 12.2 Å². The predicted octanol–water partition coefficient (Wildman–Crippen LogP) is 4.79. The number of carbonyl (C=O) groups is 1. The van der Waals surface area contributed by atoms with E-state index in [1.165, 1.54) is 23.6 Å². The summed E-state index contributed by atoms with van der Waals surface area (Å²) in [6.07, 6.45) is 12.6. The van der Waals surface area contributed by atoms with E-state index in [2.05, 4.69) is 10.5 Å². The van der Waals surface area contributed by atoms with E-state index in [0.29, 0.717) is 31.6 Å². The smallest absolute Gasteiger partial charge is 0.248 e. The van der Waals surface area contributed by atoms with Crippen LogP contribution in [0.3, 0.4) is 0 Å². The molecule has 0 unspecified atom stereocenters. The van der Waals surface area contributed by atoms with Crippen LogP contribution < -0.4 is 10.1 Å². The summed E-state index contributed by atoms with van der Waals surface area (Å²) >= 11 is 0. The lowest BCUT2D eigenvalue weighted by Crippen LogP contribution is -2.45. The van der Waals surface area contributed by atoms with Crippen molar-refractivity contribution in [2.75, 3.05) is 20.2 Å². The molecule has 1 N–H and O–H groups in total. The number of sulfonamides is 1. The SMILES string of the molecule is COc1ccc(/C=C\c2onc(C)c2S(=O)(=O)N2CCC(C(=O)NC3CCCCCCC3)CC2)cc1. The molecule has 0 bridgehead atoms. The van der Waals surface area contributed by atoms with Gasteiger partial charge in [0.2, 0.25) is 15.9 Å². The molecule has 1 saturated heterocycles. The second-order valence-electron chi connectivity index (χ2n) is 9.80. The fourth-order valence-electron chi connectivity index (χ4n) is 5.09. The summed E-state index contributed by atoms with van der Waals surface area (Å²) in [5.74, 6) is 0.863. The van der Waals surface area contributed by atoms with Crippen LogP contribution in [0.5, 0.6) is 5.75 Å². The minimum absolute atomic E-state index is 0.0712. The number of hydrogen-bond acceptors (Lipinski definition) is 6. The molecule has 8 nitrogen and oxygen atoms in total. The summed E-state index contributed by atoms with van der Waals surface area (Å²) in [5, 5.41) is 7.17. The van der Waals surface area contributed by atoms with Gasteiger partial charge >= 0.3 is 0 Å². The molecule has 2 aromatic rings. The summed E-state index contributed by atoms with van der Waals surface area (Å²) in [7, 11) is -2.20. The first-order chi connectivity index (χ1) is 17.4. The van der Waals surface area contributed by atoms with Gasteiger partial charge in [-0.1, -0.05) is 55.5 Å². The maximum absolute atomic E-state index is 13.5. The van der Waals surface area contributed by atoms with Crippen LogP contribution in [0.15, 0.2) is 33.7 Å². The Morgan fingerprint density at radius 1 is 1.03 bits per heavy atom. The summed E-state index contributed by atoms with van der Waals surface area (Å²) in [5.41, 5.74) is 1.21. The van der Waals surface area contributed by atoms with Crippen molar-refractivity contribution in [3.63, 3.8) is 0 Å². The quantitative estimate of drug-likeness (QED) is 0.569. The van der Waals surface area contributed by atoms with Crippen molar-refractivity contribution in [2.45, 2.75) is 75.6 Å². The number of amides is 1. The molecule has 2 aliphatic rings. The zero-order valence-electron chi connectivity index (χ0n) is 21.2. The van der Waals surface area contributed by atoms with Gasteiger partial charge in [0.05, 0.1) is 7.11 Å². The first kappa shape index (κ1) is 26.4. The van der Waals surface area contributed by atoms with Crippen LogP contribution in [-0.4, -0.2) is 50.0 Å². The predicted molar refractivity (Wildman–Crippen MR) is 139 cm³/mol. The van der Waals surface area contributed by atoms with Crippen LogP contribution in [0, 0.1) is 12.8 Å². The number of rotatable bonds is 7. The highest BCUT2D eigenvalue weighted by molar-refractivity contribution is 7.89. The van der Waals surface area contributed by atoms with Gasteiger partial charge in [-0.25, -0.2) is 8.42 Å². The highest BCUT2D eigenvalue weighted by Crippen LogP contribution is 2.30. The third kappa shape index (κ3) is 6.37. The molecule has 1 aliphatic carbocycles. The topological polar surface area (TPSA) is 102 Å². The lowest BCUT2D eigenvalue weighted by molar-refractivity contribution is -0.127. The van der Waals surface area contributed by atoms with Crippen molar-refractivity contribution >= 4 is 28.1 Å². The number of methoxy groups -OCH3 is 1. The van der Waals surface area contributed by atoms with Gasteiger partial charge < -0.3 is 14.6 Å². The number of carbonyl (C=O) groups excluding carboxylic acids is 1. The maximum atomic E-state index is 13.5. The molecule has 4 rings (SSSR count). The van der Waals surface area contributed by atoms with Crippen molar-refractivity contribution in [2.24, 2.45) is 5.92 Å². The van der Waals surface area contributed by atoms with Gasteiger partial charge in [0.15, 0.2) is 10.7 Å². The fourth-order valence-corrected chi connectivity index (χ4v) is 6.81. The number of nitrogens with one attached hydrogen (secondary N) is 1. The normalized spacial score (nSPS) is 19.2. The van der Waals surface area contributed by atoms with Crippen LogP contribution in [0.4, 0.5) is 0 Å². The van der Waals surface area contributed by atoms with Crippen LogP contribution in [-0.2, 0) is 14.8 Å². The first-order valence-electron chi connectivity index (χ1n) is 13.0. The number of piperidine rings is 1. The number of aromatic nitrogens is 1. The molecular weight excluding hydrogens is 478 g/mol. The van der Waals surface area contributed by atoms with Crippen molar-refractivity contribution in [3.05, 3.63) is 41.3 Å². The average molecular weight is 516 g/mol. The van der Waals surface area contributed by atoms with Gasteiger partial charge in [-0.05, 0) is 56.4 Å². The Bertz CT molecular complexity index is 1140. The van der Waals surface area contributed by atoms with Crippen molar-refractivity contribution in [1.29, 1.82) is 0 Å². The molecule has 36 heavy (non-hydrogen) atoms. The van der Waals surface area contributed by atoms with Crippen LogP contribution >= 0.6 is 0 Å². The average Bonchev–Trinajstić information content (AvgIpc) is 3.25. The highest BCUT2D eigenvalue weighted by Gasteiger charge is 2.36. The largest absolute Gasteiger partial charge is 0.497 e. The number of aryl methyl sites for hydroxylation is 1. The Morgan fingerprint density at radius 2 is 1.67 bits per heavy atom. The first-order valence-corrected chi connectivity index (χ1v) is 14.4. The third-order valence-electron chi connectivity index (χ3n) is 7.25. The van der Waals surface area contributed by atoms with Crippen LogP contribution in [0.1, 0.15) is 74.8 Å². The second kappa shape index (κ2) is 12.1. The lowest BCUT2D eigenvalue weighted by atomic mass is 9.94. The summed E-state index contributed by atoms with van der Waals surface area (Å²) < 4.78 is 39.0. The molecule has 1 saturated carbocycles. The Kier molecular flexibility index (Phi) is 8.85. The maximum Gasteiger partial charge on any atom is 0.248 e. The summed E-state index contributed by atoms with van der Waals surface area (Å²) in [6, 6.07) is 7.67. The van der Waals surface area contributed by atoms with Gasteiger partial charge in [0.25, 0.3) is 0 Å². The Morgan fingerprint density at radius 3 is 2.31 bits per heavy atom. The number of hydrogen-bond donors (Lipinski definition) is 1. The van der Waals surface area contributed by atoms with E-state index in [-0.39, 0.29) is 28.5 Å². The number of benzene rings is 1. The van der Waals surface area contributed by atoms with E-state index in [1.807, 2.05) is 24.3 Å². The molecular formula is C27H37N3O5S. The molecule has 196 valence electrons. The van der Waals surface area contributed by atoms with E-state index in [9.17, 15) is 13.2 Å². The summed E-state index contributed by atoms with van der Waals surface area (Å²) in [6.45, 7) is 2.24. The minimum Gasteiger partial charge on any atom is -0.497 e. The van der Waals surface area contributed by atoms with Gasteiger partial charge in [0, 0.05) is 25.0 Å². The lowest BCUT2D eigenvalue weighted by Gasteiger charge is -2.31. The van der Waals surface area contributed by atoms with Gasteiger partial charge in [-0.2, -0.15) is 4.31 Å². The van der Waals surface area contributed by atoms with E-state index in [1.54, 1.807) is 26.2 Å². The zero-order valence-corrected chi connectivity index (χ0v) is 22.1. The van der Waals surface area contributed by atoms with E-state index in [0.717, 1.165) is 37.0 Å².